The average Bonchev–Trinajstić information content (AvgIpc) is 3.03. The molecule has 1 saturated carbocycles. The number of hydrogen-bond acceptors (Lipinski definition) is 5. The van der Waals surface area contributed by atoms with Crippen molar-refractivity contribution >= 4 is 5.91 Å². The van der Waals surface area contributed by atoms with Crippen LogP contribution in [-0.4, -0.2) is 79.5 Å². The number of methoxy groups -OCH3 is 1. The van der Waals surface area contributed by atoms with Gasteiger partial charge >= 0.3 is 0 Å². The van der Waals surface area contributed by atoms with Crippen molar-refractivity contribution in [1.82, 2.24) is 9.80 Å². The first-order valence-corrected chi connectivity index (χ1v) is 8.98. The number of ether oxygens (including phenoxy) is 2. The van der Waals surface area contributed by atoms with Gasteiger partial charge in [-0.25, -0.2) is 0 Å². The zero-order chi connectivity index (χ0) is 17.8. The quantitative estimate of drug-likeness (QED) is 0.857. The monoisotopic (exact) mass is 348 g/mol. The summed E-state index contributed by atoms with van der Waals surface area (Å²) in [6.07, 6.45) is 1.57. The smallest absolute Gasteiger partial charge is 0.227 e. The molecule has 0 bridgehead atoms. The number of carbonyl (C=O) groups is 1. The molecule has 1 saturated heterocycles. The predicted octanol–water partition coefficient (Wildman–Crippen LogP) is 0.920. The summed E-state index contributed by atoms with van der Waals surface area (Å²) in [5, 5.41) is 10.8. The lowest BCUT2D eigenvalue weighted by molar-refractivity contribution is -0.133. The molecule has 1 aromatic carbocycles. The molecule has 1 amide bonds. The van der Waals surface area contributed by atoms with Crippen molar-refractivity contribution in [2.24, 2.45) is 0 Å². The van der Waals surface area contributed by atoms with Crippen LogP contribution in [-0.2, 0) is 16.0 Å². The van der Waals surface area contributed by atoms with Gasteiger partial charge in [0.25, 0.3) is 0 Å². The summed E-state index contributed by atoms with van der Waals surface area (Å²) in [6.45, 7) is 3.16. The summed E-state index contributed by atoms with van der Waals surface area (Å²) in [6, 6.07) is 7.57. The molecule has 1 heterocycles. The number of amides is 1. The van der Waals surface area contributed by atoms with Gasteiger partial charge < -0.3 is 19.5 Å². The lowest BCUT2D eigenvalue weighted by Gasteiger charge is -2.36. The van der Waals surface area contributed by atoms with Gasteiger partial charge in [0, 0.05) is 26.2 Å². The van der Waals surface area contributed by atoms with Gasteiger partial charge in [-0.3, -0.25) is 9.69 Å². The van der Waals surface area contributed by atoms with E-state index in [9.17, 15) is 9.90 Å². The lowest BCUT2D eigenvalue weighted by Crippen LogP contribution is -2.52. The highest BCUT2D eigenvalue weighted by molar-refractivity contribution is 5.79. The van der Waals surface area contributed by atoms with E-state index < -0.39 is 6.10 Å². The number of benzene rings is 1. The Labute approximate surface area is 149 Å². The summed E-state index contributed by atoms with van der Waals surface area (Å²) in [5.41, 5.74) is 0.924. The van der Waals surface area contributed by atoms with Gasteiger partial charge in [-0.2, -0.15) is 0 Å². The molecule has 0 radical (unpaired) electrons. The highest BCUT2D eigenvalue weighted by Gasteiger charge is 2.41. The van der Waals surface area contributed by atoms with Gasteiger partial charge in [-0.1, -0.05) is 12.1 Å². The molecule has 1 aliphatic heterocycles. The third-order valence-electron chi connectivity index (χ3n) is 5.44. The normalized spacial score (nSPS) is 27.2. The van der Waals surface area contributed by atoms with E-state index in [0.717, 1.165) is 50.5 Å². The second-order valence-electron chi connectivity index (χ2n) is 6.88. The summed E-state index contributed by atoms with van der Waals surface area (Å²) in [7, 11) is 3.42. The first kappa shape index (κ1) is 18.2. The Morgan fingerprint density at radius 1 is 1.36 bits per heavy atom. The minimum Gasteiger partial charge on any atom is -0.497 e. The molecule has 2 aliphatic rings. The number of carbonyl (C=O) groups excluding carboxylic acids is 1. The molecule has 6 heteroatoms. The largest absolute Gasteiger partial charge is 0.497 e. The second-order valence-corrected chi connectivity index (χ2v) is 6.88. The van der Waals surface area contributed by atoms with Gasteiger partial charge in [-0.05, 0) is 30.5 Å². The molecular weight excluding hydrogens is 320 g/mol. The van der Waals surface area contributed by atoms with E-state index in [1.54, 1.807) is 19.1 Å². The minimum atomic E-state index is -0.502. The van der Waals surface area contributed by atoms with Crippen molar-refractivity contribution in [2.75, 3.05) is 40.5 Å². The highest BCUT2D eigenvalue weighted by Crippen LogP contribution is 2.29. The molecule has 3 atom stereocenters. The molecule has 138 valence electrons. The van der Waals surface area contributed by atoms with Crippen LogP contribution in [0.15, 0.2) is 24.3 Å². The van der Waals surface area contributed by atoms with Crippen LogP contribution in [0.1, 0.15) is 18.4 Å². The Hall–Kier alpha value is -1.63. The van der Waals surface area contributed by atoms with Crippen LogP contribution in [0.5, 0.6) is 5.75 Å². The van der Waals surface area contributed by atoms with E-state index in [2.05, 4.69) is 4.90 Å². The Morgan fingerprint density at radius 3 is 2.84 bits per heavy atom. The van der Waals surface area contributed by atoms with E-state index in [1.165, 1.54) is 0 Å². The Morgan fingerprint density at radius 2 is 2.12 bits per heavy atom. The minimum absolute atomic E-state index is 0.0277. The van der Waals surface area contributed by atoms with Crippen LogP contribution in [0.3, 0.4) is 0 Å². The molecule has 0 spiro atoms. The molecule has 6 nitrogen and oxygen atoms in total. The fourth-order valence-corrected chi connectivity index (χ4v) is 3.94. The van der Waals surface area contributed by atoms with Crippen molar-refractivity contribution < 1.29 is 19.4 Å². The SMILES string of the molecule is COc1cccc(CC(=O)N(C)[C@@H]2CC[C@@H](N3CCOCC3)[C@@H]2O)c1. The number of nitrogens with zero attached hydrogens (tertiary/aromatic N) is 2. The molecular formula is C19H28N2O4. The Kier molecular flexibility index (Phi) is 5.93. The van der Waals surface area contributed by atoms with Gasteiger partial charge in [0.05, 0.1) is 38.9 Å². The van der Waals surface area contributed by atoms with Crippen LogP contribution >= 0.6 is 0 Å². The van der Waals surface area contributed by atoms with Gasteiger partial charge in [0.2, 0.25) is 5.91 Å². The first-order chi connectivity index (χ1) is 12.1. The van der Waals surface area contributed by atoms with Crippen LogP contribution in [0.25, 0.3) is 0 Å². The van der Waals surface area contributed by atoms with Gasteiger partial charge in [0.15, 0.2) is 0 Å². The van der Waals surface area contributed by atoms with E-state index in [0.29, 0.717) is 6.42 Å². The van der Waals surface area contributed by atoms with E-state index >= 15 is 0 Å². The fourth-order valence-electron chi connectivity index (χ4n) is 3.94. The molecule has 3 rings (SSSR count). The van der Waals surface area contributed by atoms with E-state index in [4.69, 9.17) is 9.47 Å². The van der Waals surface area contributed by atoms with E-state index in [-0.39, 0.29) is 18.0 Å². The number of aliphatic hydroxyl groups excluding tert-OH is 1. The maximum absolute atomic E-state index is 12.7. The second kappa shape index (κ2) is 8.17. The van der Waals surface area contributed by atoms with Gasteiger partial charge in [0.1, 0.15) is 5.75 Å². The number of aliphatic hydroxyl groups is 1. The van der Waals surface area contributed by atoms with Crippen molar-refractivity contribution in [1.29, 1.82) is 0 Å². The van der Waals surface area contributed by atoms with Crippen LogP contribution in [0.4, 0.5) is 0 Å². The van der Waals surface area contributed by atoms with Crippen molar-refractivity contribution in [3.63, 3.8) is 0 Å². The van der Waals surface area contributed by atoms with Crippen molar-refractivity contribution in [3.05, 3.63) is 29.8 Å². The zero-order valence-corrected chi connectivity index (χ0v) is 15.1. The molecule has 0 unspecified atom stereocenters. The molecule has 1 aliphatic carbocycles. The van der Waals surface area contributed by atoms with Crippen molar-refractivity contribution in [2.45, 2.75) is 37.5 Å². The molecule has 0 aromatic heterocycles. The zero-order valence-electron chi connectivity index (χ0n) is 15.1. The highest BCUT2D eigenvalue weighted by atomic mass is 16.5. The van der Waals surface area contributed by atoms with Crippen molar-refractivity contribution in [3.8, 4) is 5.75 Å². The first-order valence-electron chi connectivity index (χ1n) is 8.98. The third kappa shape index (κ3) is 4.14. The molecule has 25 heavy (non-hydrogen) atoms. The standard InChI is InChI=1S/C19H28N2O4/c1-20(18(22)13-14-4-3-5-15(12-14)24-2)16-6-7-17(19(16)23)21-8-10-25-11-9-21/h3-5,12,16-17,19,23H,6-11,13H2,1-2H3/t16-,17-,19-/m1/s1. The number of likely N-dealkylation sites (N-methyl/N-ethyl adjacent to an activating group) is 1. The Bertz CT molecular complexity index is 589. The maximum Gasteiger partial charge on any atom is 0.227 e. The van der Waals surface area contributed by atoms with Crippen LogP contribution < -0.4 is 4.74 Å². The van der Waals surface area contributed by atoms with Crippen LogP contribution in [0, 0.1) is 0 Å². The third-order valence-corrected chi connectivity index (χ3v) is 5.44. The average molecular weight is 348 g/mol. The molecule has 2 fully saturated rings. The summed E-state index contributed by atoms with van der Waals surface area (Å²) in [4.78, 5) is 16.7. The van der Waals surface area contributed by atoms with Crippen LogP contribution in [0.2, 0.25) is 0 Å². The Balaban J connectivity index is 1.60. The number of rotatable bonds is 5. The summed E-state index contributed by atoms with van der Waals surface area (Å²) in [5.74, 6) is 0.779. The van der Waals surface area contributed by atoms with Gasteiger partial charge in [-0.15, -0.1) is 0 Å². The molecule has 1 aromatic rings. The fraction of sp³-hybridized carbons (Fsp3) is 0.632. The topological polar surface area (TPSA) is 62.2 Å². The number of morpholine rings is 1. The lowest BCUT2D eigenvalue weighted by atomic mass is 10.1. The predicted molar refractivity (Wildman–Crippen MR) is 94.7 cm³/mol. The summed E-state index contributed by atoms with van der Waals surface area (Å²) >= 11 is 0. The van der Waals surface area contributed by atoms with E-state index in [1.807, 2.05) is 24.3 Å². The maximum atomic E-state index is 12.7. The summed E-state index contributed by atoms with van der Waals surface area (Å²) < 4.78 is 10.6. The molecule has 1 N–H and O–H groups in total. The number of hydrogen-bond donors (Lipinski definition) is 1.